The molecule has 1 amide bonds. The van der Waals surface area contributed by atoms with Gasteiger partial charge in [-0.1, -0.05) is 19.8 Å². The van der Waals surface area contributed by atoms with Crippen molar-refractivity contribution < 1.29 is 19.4 Å². The summed E-state index contributed by atoms with van der Waals surface area (Å²) in [5.41, 5.74) is 0. The molecule has 5 heteroatoms. The maximum atomic E-state index is 12.4. The Morgan fingerprint density at radius 3 is 2.37 bits per heavy atom. The minimum absolute atomic E-state index is 0.0603. The van der Waals surface area contributed by atoms with E-state index in [4.69, 9.17) is 9.84 Å². The molecule has 0 bridgehead atoms. The zero-order valence-electron chi connectivity index (χ0n) is 12.1. The summed E-state index contributed by atoms with van der Waals surface area (Å²) >= 11 is 0. The van der Waals surface area contributed by atoms with Gasteiger partial charge in [0.2, 0.25) is 0 Å². The van der Waals surface area contributed by atoms with Crippen LogP contribution >= 0.6 is 0 Å². The predicted octanol–water partition coefficient (Wildman–Crippen LogP) is 2.05. The minimum Gasteiger partial charge on any atom is -0.479 e. The summed E-state index contributed by atoms with van der Waals surface area (Å²) in [6, 6.07) is 0.122. The van der Waals surface area contributed by atoms with Crippen LogP contribution in [0.4, 0.5) is 0 Å². The molecule has 0 aromatic rings. The molecule has 1 fully saturated rings. The highest BCUT2D eigenvalue weighted by Gasteiger charge is 2.37. The van der Waals surface area contributed by atoms with Gasteiger partial charge in [0.05, 0.1) is 0 Å². The van der Waals surface area contributed by atoms with Crippen molar-refractivity contribution in [2.75, 3.05) is 6.54 Å². The van der Waals surface area contributed by atoms with Gasteiger partial charge in [0.1, 0.15) is 6.10 Å². The molecule has 1 aliphatic rings. The summed E-state index contributed by atoms with van der Waals surface area (Å²) in [5.74, 6) is -1.03. The summed E-state index contributed by atoms with van der Waals surface area (Å²) in [7, 11) is 0. The maximum Gasteiger partial charge on any atom is 0.332 e. The molecule has 0 spiro atoms. The normalized spacial score (nSPS) is 22.7. The van der Waals surface area contributed by atoms with Gasteiger partial charge in [-0.25, -0.2) is 4.79 Å². The minimum atomic E-state index is -0.975. The van der Waals surface area contributed by atoms with E-state index < -0.39 is 18.2 Å². The van der Waals surface area contributed by atoms with Gasteiger partial charge in [-0.05, 0) is 33.1 Å². The first-order valence-electron chi connectivity index (χ1n) is 7.16. The highest BCUT2D eigenvalue weighted by Crippen LogP contribution is 2.22. The first-order chi connectivity index (χ1) is 8.97. The van der Waals surface area contributed by atoms with E-state index in [9.17, 15) is 9.59 Å². The molecule has 0 saturated carbocycles. The summed E-state index contributed by atoms with van der Waals surface area (Å²) in [6.07, 6.45) is 2.72. The topological polar surface area (TPSA) is 66.8 Å². The zero-order valence-corrected chi connectivity index (χ0v) is 12.1. The molecule has 0 aliphatic carbocycles. The lowest BCUT2D eigenvalue weighted by Gasteiger charge is -2.29. The Labute approximate surface area is 114 Å². The van der Waals surface area contributed by atoms with E-state index in [0.717, 1.165) is 25.8 Å². The third-order valence-corrected chi connectivity index (χ3v) is 3.48. The maximum absolute atomic E-state index is 12.4. The van der Waals surface area contributed by atoms with Crippen molar-refractivity contribution in [2.45, 2.75) is 71.1 Å². The van der Waals surface area contributed by atoms with Gasteiger partial charge in [0.15, 0.2) is 6.10 Å². The Morgan fingerprint density at radius 2 is 1.89 bits per heavy atom. The van der Waals surface area contributed by atoms with E-state index in [2.05, 4.69) is 6.92 Å². The van der Waals surface area contributed by atoms with Crippen LogP contribution in [-0.4, -0.2) is 46.7 Å². The Hall–Kier alpha value is -1.10. The van der Waals surface area contributed by atoms with Gasteiger partial charge in [0, 0.05) is 12.6 Å². The Morgan fingerprint density at radius 1 is 1.26 bits per heavy atom. The van der Waals surface area contributed by atoms with Crippen molar-refractivity contribution in [1.29, 1.82) is 0 Å². The summed E-state index contributed by atoms with van der Waals surface area (Å²) in [4.78, 5) is 25.0. The molecular weight excluding hydrogens is 246 g/mol. The van der Waals surface area contributed by atoms with Crippen LogP contribution < -0.4 is 0 Å². The molecule has 5 nitrogen and oxygen atoms in total. The first-order valence-corrected chi connectivity index (χ1v) is 7.16. The second kappa shape index (κ2) is 7.48. The molecule has 1 aliphatic heterocycles. The van der Waals surface area contributed by atoms with Crippen LogP contribution in [0.25, 0.3) is 0 Å². The highest BCUT2D eigenvalue weighted by molar-refractivity contribution is 5.83. The van der Waals surface area contributed by atoms with Crippen molar-refractivity contribution in [3.63, 3.8) is 0 Å². The van der Waals surface area contributed by atoms with E-state index in [1.807, 2.05) is 18.7 Å². The van der Waals surface area contributed by atoms with E-state index in [0.29, 0.717) is 12.8 Å². The van der Waals surface area contributed by atoms with Crippen molar-refractivity contribution in [1.82, 2.24) is 4.90 Å². The highest BCUT2D eigenvalue weighted by atomic mass is 16.5. The molecular formula is C14H25NO4. The number of hydrogen-bond acceptors (Lipinski definition) is 3. The Bertz CT molecular complexity index is 317. The molecule has 19 heavy (non-hydrogen) atoms. The quantitative estimate of drug-likeness (QED) is 0.720. The van der Waals surface area contributed by atoms with Crippen LogP contribution in [0.3, 0.4) is 0 Å². The standard InChI is InChI=1S/C14H25NO4/c1-4-5-6-9-15(10(2)3)13(16)11-7-8-12(19-11)14(17)18/h10-12H,4-9H2,1-3H3,(H,17,18)/t11-,12+/m0/s1. The average Bonchev–Trinajstić information content (AvgIpc) is 2.83. The fourth-order valence-electron chi connectivity index (χ4n) is 2.34. The van der Waals surface area contributed by atoms with Crippen LogP contribution in [0.5, 0.6) is 0 Å². The fourth-order valence-corrected chi connectivity index (χ4v) is 2.34. The molecule has 2 atom stereocenters. The van der Waals surface area contributed by atoms with Crippen molar-refractivity contribution in [3.05, 3.63) is 0 Å². The lowest BCUT2D eigenvalue weighted by Crippen LogP contribution is -2.44. The van der Waals surface area contributed by atoms with Gasteiger partial charge >= 0.3 is 5.97 Å². The monoisotopic (exact) mass is 271 g/mol. The van der Waals surface area contributed by atoms with Gasteiger partial charge in [-0.3, -0.25) is 4.79 Å². The largest absolute Gasteiger partial charge is 0.479 e. The van der Waals surface area contributed by atoms with Gasteiger partial charge in [-0.15, -0.1) is 0 Å². The third-order valence-electron chi connectivity index (χ3n) is 3.48. The van der Waals surface area contributed by atoms with Crippen molar-refractivity contribution in [3.8, 4) is 0 Å². The van der Waals surface area contributed by atoms with E-state index in [-0.39, 0.29) is 11.9 Å². The molecule has 1 N–H and O–H groups in total. The van der Waals surface area contributed by atoms with E-state index >= 15 is 0 Å². The zero-order chi connectivity index (χ0) is 14.4. The number of carbonyl (C=O) groups excluding carboxylic acids is 1. The Kier molecular flexibility index (Phi) is 6.28. The van der Waals surface area contributed by atoms with Gasteiger partial charge in [0.25, 0.3) is 5.91 Å². The predicted molar refractivity (Wildman–Crippen MR) is 71.9 cm³/mol. The van der Waals surface area contributed by atoms with Crippen LogP contribution in [0, 0.1) is 0 Å². The molecule has 0 aromatic heterocycles. The molecule has 0 aromatic carbocycles. The Balaban J connectivity index is 2.55. The van der Waals surface area contributed by atoms with Crippen LogP contribution in [0.1, 0.15) is 52.9 Å². The number of carboxylic acids is 1. The first kappa shape index (κ1) is 16.0. The number of amides is 1. The fraction of sp³-hybridized carbons (Fsp3) is 0.857. The second-order valence-electron chi connectivity index (χ2n) is 5.36. The lowest BCUT2D eigenvalue weighted by atomic mass is 10.1. The van der Waals surface area contributed by atoms with Crippen LogP contribution in [0.2, 0.25) is 0 Å². The number of hydrogen-bond donors (Lipinski definition) is 1. The lowest BCUT2D eigenvalue weighted by molar-refractivity contribution is -0.155. The van der Waals surface area contributed by atoms with E-state index in [1.165, 1.54) is 0 Å². The summed E-state index contributed by atoms with van der Waals surface area (Å²) in [5, 5.41) is 8.88. The van der Waals surface area contributed by atoms with Crippen molar-refractivity contribution in [2.24, 2.45) is 0 Å². The molecule has 1 rings (SSSR count). The number of carbonyl (C=O) groups is 2. The van der Waals surface area contributed by atoms with Gasteiger partial charge < -0.3 is 14.7 Å². The van der Waals surface area contributed by atoms with Crippen molar-refractivity contribution >= 4 is 11.9 Å². The number of rotatable bonds is 7. The molecule has 0 radical (unpaired) electrons. The molecule has 0 unspecified atom stereocenters. The number of unbranched alkanes of at least 4 members (excludes halogenated alkanes) is 2. The summed E-state index contributed by atoms with van der Waals surface area (Å²) < 4.78 is 5.33. The third kappa shape index (κ3) is 4.49. The number of carboxylic acid groups (broad SMARTS) is 1. The van der Waals surface area contributed by atoms with Crippen LogP contribution in [0.15, 0.2) is 0 Å². The van der Waals surface area contributed by atoms with Crippen LogP contribution in [-0.2, 0) is 14.3 Å². The molecule has 1 heterocycles. The number of nitrogens with zero attached hydrogens (tertiary/aromatic N) is 1. The average molecular weight is 271 g/mol. The van der Waals surface area contributed by atoms with Gasteiger partial charge in [-0.2, -0.15) is 0 Å². The van der Waals surface area contributed by atoms with E-state index in [1.54, 1.807) is 0 Å². The smallest absolute Gasteiger partial charge is 0.332 e. The molecule has 1 saturated heterocycles. The second-order valence-corrected chi connectivity index (χ2v) is 5.36. The number of aliphatic carboxylic acids is 1. The SMILES string of the molecule is CCCCCN(C(=O)[C@@H]1CC[C@H](C(=O)O)O1)C(C)C. The summed E-state index contributed by atoms with van der Waals surface area (Å²) in [6.45, 7) is 6.81. The molecule has 110 valence electrons. The number of ether oxygens (including phenoxy) is 1.